The van der Waals surface area contributed by atoms with Gasteiger partial charge in [-0.3, -0.25) is 9.69 Å². The maximum Gasteiger partial charge on any atom is 0.224 e. The van der Waals surface area contributed by atoms with Crippen LogP contribution in [0, 0.1) is 5.92 Å². The van der Waals surface area contributed by atoms with Crippen molar-refractivity contribution in [2.75, 3.05) is 26.2 Å². The molecule has 0 bridgehead atoms. The van der Waals surface area contributed by atoms with Crippen LogP contribution in [0.3, 0.4) is 0 Å². The second-order valence-electron chi connectivity index (χ2n) is 5.71. The summed E-state index contributed by atoms with van der Waals surface area (Å²) in [6.07, 6.45) is 5.03. The lowest BCUT2D eigenvalue weighted by molar-refractivity contribution is -0.125. The van der Waals surface area contributed by atoms with Gasteiger partial charge in [0.15, 0.2) is 0 Å². The lowest BCUT2D eigenvalue weighted by atomic mass is 9.98. The second kappa shape index (κ2) is 6.53. The number of piperidine rings is 1. The number of amides is 1. The molecule has 0 spiro atoms. The van der Waals surface area contributed by atoms with Crippen LogP contribution in [0.5, 0.6) is 0 Å². The molecule has 0 aromatic rings. The van der Waals surface area contributed by atoms with Crippen molar-refractivity contribution >= 4 is 5.91 Å². The molecule has 2 aliphatic heterocycles. The molecule has 0 saturated carbocycles. The first kappa shape index (κ1) is 13.8. The first-order chi connectivity index (χ1) is 8.72. The molecule has 18 heavy (non-hydrogen) atoms. The number of fused-ring (bicyclic) bond motifs is 1. The zero-order valence-corrected chi connectivity index (χ0v) is 11.7. The predicted octanol–water partition coefficient (Wildman–Crippen LogP) is 0.975. The number of hydrogen-bond donors (Lipinski definition) is 2. The van der Waals surface area contributed by atoms with Crippen LogP contribution in [0.25, 0.3) is 0 Å². The Bertz CT molecular complexity index is 282. The summed E-state index contributed by atoms with van der Waals surface area (Å²) in [5.41, 5.74) is 0. The Morgan fingerprint density at radius 2 is 2.17 bits per heavy atom. The molecule has 2 fully saturated rings. The highest BCUT2D eigenvalue weighted by atomic mass is 16.2. The van der Waals surface area contributed by atoms with Gasteiger partial charge in [-0.15, -0.1) is 0 Å². The Balaban J connectivity index is 1.80. The highest BCUT2D eigenvalue weighted by Gasteiger charge is 2.36. The number of nitrogens with one attached hydrogen (secondary N) is 2. The summed E-state index contributed by atoms with van der Waals surface area (Å²) in [5.74, 6) is 0.288. The standard InChI is InChI=1S/C14H27N3O/c1-3-15-10-11(2)14(18)16-12-7-9-17-8-5-4-6-13(12)17/h11-13,15H,3-10H2,1-2H3,(H,16,18). The highest BCUT2D eigenvalue weighted by molar-refractivity contribution is 5.78. The Morgan fingerprint density at radius 3 is 2.94 bits per heavy atom. The third-order valence-electron chi connectivity index (χ3n) is 4.33. The molecule has 1 amide bonds. The van der Waals surface area contributed by atoms with E-state index >= 15 is 0 Å². The molecule has 2 heterocycles. The van der Waals surface area contributed by atoms with Gasteiger partial charge >= 0.3 is 0 Å². The van der Waals surface area contributed by atoms with Gasteiger partial charge in [-0.1, -0.05) is 20.3 Å². The van der Waals surface area contributed by atoms with E-state index in [2.05, 4.69) is 22.5 Å². The molecule has 2 N–H and O–H groups in total. The summed E-state index contributed by atoms with van der Waals surface area (Å²) in [4.78, 5) is 14.7. The summed E-state index contributed by atoms with van der Waals surface area (Å²) in [6.45, 7) is 8.18. The molecule has 0 aromatic carbocycles. The topological polar surface area (TPSA) is 44.4 Å². The molecule has 2 rings (SSSR count). The fourth-order valence-electron chi connectivity index (χ4n) is 3.19. The molecule has 4 heteroatoms. The van der Waals surface area contributed by atoms with E-state index in [0.29, 0.717) is 12.1 Å². The van der Waals surface area contributed by atoms with E-state index < -0.39 is 0 Å². The molecule has 0 aliphatic carbocycles. The molecule has 0 radical (unpaired) electrons. The first-order valence-electron chi connectivity index (χ1n) is 7.47. The summed E-state index contributed by atoms with van der Waals surface area (Å²) in [7, 11) is 0. The third-order valence-corrected chi connectivity index (χ3v) is 4.33. The van der Waals surface area contributed by atoms with E-state index in [9.17, 15) is 4.79 Å². The monoisotopic (exact) mass is 253 g/mol. The molecule has 2 aliphatic rings. The van der Waals surface area contributed by atoms with Gasteiger partial charge in [-0.25, -0.2) is 0 Å². The van der Waals surface area contributed by atoms with Crippen LogP contribution in [0.1, 0.15) is 39.5 Å². The average molecular weight is 253 g/mol. The van der Waals surface area contributed by atoms with Crippen LogP contribution in [-0.4, -0.2) is 49.1 Å². The van der Waals surface area contributed by atoms with Gasteiger partial charge in [0.2, 0.25) is 5.91 Å². The zero-order chi connectivity index (χ0) is 13.0. The quantitative estimate of drug-likeness (QED) is 0.767. The summed E-state index contributed by atoms with van der Waals surface area (Å²) in [6, 6.07) is 0.996. The van der Waals surface area contributed by atoms with Crippen LogP contribution in [-0.2, 0) is 4.79 Å². The fraction of sp³-hybridized carbons (Fsp3) is 0.929. The van der Waals surface area contributed by atoms with E-state index in [1.165, 1.54) is 25.8 Å². The van der Waals surface area contributed by atoms with Gasteiger partial charge in [-0.2, -0.15) is 0 Å². The number of rotatable bonds is 5. The number of nitrogens with zero attached hydrogens (tertiary/aromatic N) is 1. The van der Waals surface area contributed by atoms with Crippen molar-refractivity contribution in [2.45, 2.75) is 51.6 Å². The van der Waals surface area contributed by atoms with Crippen molar-refractivity contribution in [2.24, 2.45) is 5.92 Å². The fourth-order valence-corrected chi connectivity index (χ4v) is 3.19. The van der Waals surface area contributed by atoms with E-state index in [0.717, 1.165) is 26.1 Å². The van der Waals surface area contributed by atoms with Crippen molar-refractivity contribution in [1.29, 1.82) is 0 Å². The minimum Gasteiger partial charge on any atom is -0.351 e. The van der Waals surface area contributed by atoms with Crippen LogP contribution >= 0.6 is 0 Å². The maximum atomic E-state index is 12.1. The molecule has 3 atom stereocenters. The Morgan fingerprint density at radius 1 is 1.33 bits per heavy atom. The Labute approximate surface area is 110 Å². The van der Waals surface area contributed by atoms with E-state index in [-0.39, 0.29) is 11.8 Å². The molecule has 4 nitrogen and oxygen atoms in total. The molecule has 2 saturated heterocycles. The van der Waals surface area contributed by atoms with Crippen LogP contribution in [0.4, 0.5) is 0 Å². The van der Waals surface area contributed by atoms with E-state index in [1.807, 2.05) is 6.92 Å². The summed E-state index contributed by atoms with van der Waals surface area (Å²) in [5, 5.41) is 6.51. The van der Waals surface area contributed by atoms with Crippen LogP contribution in [0.2, 0.25) is 0 Å². The molecular formula is C14H27N3O. The van der Waals surface area contributed by atoms with Crippen LogP contribution in [0.15, 0.2) is 0 Å². The largest absolute Gasteiger partial charge is 0.351 e. The van der Waals surface area contributed by atoms with Crippen molar-refractivity contribution < 1.29 is 4.79 Å². The Hall–Kier alpha value is -0.610. The smallest absolute Gasteiger partial charge is 0.224 e. The van der Waals surface area contributed by atoms with Gasteiger partial charge in [0.05, 0.1) is 0 Å². The molecule has 104 valence electrons. The van der Waals surface area contributed by atoms with Crippen LogP contribution < -0.4 is 10.6 Å². The molecular weight excluding hydrogens is 226 g/mol. The lowest BCUT2D eigenvalue weighted by Crippen LogP contribution is -2.48. The second-order valence-corrected chi connectivity index (χ2v) is 5.71. The Kier molecular flexibility index (Phi) is 5.01. The van der Waals surface area contributed by atoms with Crippen molar-refractivity contribution in [3.63, 3.8) is 0 Å². The van der Waals surface area contributed by atoms with Gasteiger partial charge in [0, 0.05) is 31.1 Å². The SMILES string of the molecule is CCNCC(C)C(=O)NC1CCN2CCCCC12. The minimum absolute atomic E-state index is 0.0718. The van der Waals surface area contributed by atoms with Crippen molar-refractivity contribution in [1.82, 2.24) is 15.5 Å². The normalized spacial score (nSPS) is 29.9. The average Bonchev–Trinajstić information content (AvgIpc) is 2.79. The number of hydrogen-bond acceptors (Lipinski definition) is 3. The minimum atomic E-state index is 0.0718. The van der Waals surface area contributed by atoms with Gasteiger partial charge < -0.3 is 10.6 Å². The van der Waals surface area contributed by atoms with Crippen molar-refractivity contribution in [3.8, 4) is 0 Å². The van der Waals surface area contributed by atoms with E-state index in [1.54, 1.807) is 0 Å². The molecule has 0 aromatic heterocycles. The van der Waals surface area contributed by atoms with Gasteiger partial charge in [-0.05, 0) is 32.4 Å². The number of carbonyl (C=O) groups excluding carboxylic acids is 1. The van der Waals surface area contributed by atoms with Gasteiger partial charge in [0.25, 0.3) is 0 Å². The van der Waals surface area contributed by atoms with E-state index in [4.69, 9.17) is 0 Å². The third kappa shape index (κ3) is 3.23. The van der Waals surface area contributed by atoms with Crippen molar-refractivity contribution in [3.05, 3.63) is 0 Å². The predicted molar refractivity (Wildman–Crippen MR) is 73.5 cm³/mol. The zero-order valence-electron chi connectivity index (χ0n) is 11.7. The first-order valence-corrected chi connectivity index (χ1v) is 7.47. The number of carbonyl (C=O) groups is 1. The summed E-state index contributed by atoms with van der Waals surface area (Å²) >= 11 is 0. The lowest BCUT2D eigenvalue weighted by Gasteiger charge is -2.33. The van der Waals surface area contributed by atoms with Gasteiger partial charge in [0.1, 0.15) is 0 Å². The molecule has 3 unspecified atom stereocenters. The summed E-state index contributed by atoms with van der Waals surface area (Å²) < 4.78 is 0. The highest BCUT2D eigenvalue weighted by Crippen LogP contribution is 2.27. The maximum absolute atomic E-state index is 12.1.